The van der Waals surface area contributed by atoms with E-state index in [-0.39, 0.29) is 4.90 Å². The molecule has 0 aliphatic carbocycles. The Hall–Kier alpha value is -1.44. The summed E-state index contributed by atoms with van der Waals surface area (Å²) in [4.78, 5) is 8.61. The number of sulfonamides is 1. The Kier molecular flexibility index (Phi) is 5.33. The fourth-order valence-electron chi connectivity index (χ4n) is 2.46. The van der Waals surface area contributed by atoms with Crippen LogP contribution in [0.3, 0.4) is 0 Å². The Labute approximate surface area is 126 Å². The molecule has 0 amide bonds. The molecule has 0 saturated carbocycles. The summed E-state index contributed by atoms with van der Waals surface area (Å²) in [6, 6.07) is 1.77. The van der Waals surface area contributed by atoms with Crippen molar-refractivity contribution in [3.63, 3.8) is 0 Å². The summed E-state index contributed by atoms with van der Waals surface area (Å²) in [5.41, 5.74) is 0.726. The highest BCUT2D eigenvalue weighted by atomic mass is 32.2. The molecule has 0 spiro atoms. The molecule has 21 heavy (non-hydrogen) atoms. The van der Waals surface area contributed by atoms with E-state index in [1.165, 1.54) is 6.20 Å². The largest absolute Gasteiger partial charge is 0.368 e. The van der Waals surface area contributed by atoms with Crippen molar-refractivity contribution in [3.8, 4) is 0 Å². The molecule has 1 aromatic heterocycles. The minimum atomic E-state index is -3.50. The molecule has 1 N–H and O–H groups in total. The first-order valence-corrected chi connectivity index (χ1v) is 8.58. The second kappa shape index (κ2) is 7.02. The van der Waals surface area contributed by atoms with Crippen molar-refractivity contribution < 1.29 is 8.42 Å². The maximum absolute atomic E-state index is 12.3. The molecule has 1 saturated heterocycles. The molecule has 2 rings (SSSR count). The summed E-state index contributed by atoms with van der Waals surface area (Å²) >= 11 is 0. The number of piperazine rings is 1. The van der Waals surface area contributed by atoms with E-state index in [9.17, 15) is 8.42 Å². The number of anilines is 1. The summed E-state index contributed by atoms with van der Waals surface area (Å²) in [5.74, 6) is 0. The fraction of sp³-hybridized carbons (Fsp3) is 0.500. The van der Waals surface area contributed by atoms with Gasteiger partial charge in [-0.1, -0.05) is 13.0 Å². The highest BCUT2D eigenvalue weighted by Gasteiger charge is 2.24. The van der Waals surface area contributed by atoms with Gasteiger partial charge >= 0.3 is 0 Å². The Bertz CT molecular complexity index is 580. The van der Waals surface area contributed by atoms with Crippen molar-refractivity contribution in [2.24, 2.45) is 0 Å². The Morgan fingerprint density at radius 1 is 1.38 bits per heavy atom. The van der Waals surface area contributed by atoms with Crippen molar-refractivity contribution in [1.29, 1.82) is 0 Å². The summed E-state index contributed by atoms with van der Waals surface area (Å²) in [7, 11) is -3.50. The topological polar surface area (TPSA) is 65.5 Å². The number of hydrogen-bond donors (Lipinski definition) is 1. The summed E-state index contributed by atoms with van der Waals surface area (Å²) in [5, 5.41) is 0. The van der Waals surface area contributed by atoms with E-state index in [2.05, 4.69) is 26.1 Å². The fourth-order valence-corrected chi connectivity index (χ4v) is 3.67. The predicted molar refractivity (Wildman–Crippen MR) is 83.9 cm³/mol. The summed E-state index contributed by atoms with van der Waals surface area (Å²) in [6.45, 7) is 10.1. The van der Waals surface area contributed by atoms with Crippen molar-refractivity contribution >= 4 is 15.7 Å². The number of hydrogen-bond acceptors (Lipinski definition) is 5. The van der Waals surface area contributed by atoms with E-state index in [0.29, 0.717) is 6.54 Å². The standard InChI is InChI=1S/C14H22N4O2S/c1-3-7-17-8-10-18(11-9-17)13-5-6-15-12-14(13)21(19,20)16-4-2/h3,5-6,12,16H,1,4,7-11H2,2H3. The van der Waals surface area contributed by atoms with Gasteiger partial charge in [-0.2, -0.15) is 0 Å². The van der Waals surface area contributed by atoms with Crippen LogP contribution < -0.4 is 9.62 Å². The number of nitrogens with one attached hydrogen (secondary N) is 1. The molecule has 0 unspecified atom stereocenters. The number of nitrogens with zero attached hydrogens (tertiary/aromatic N) is 3. The minimum Gasteiger partial charge on any atom is -0.368 e. The van der Waals surface area contributed by atoms with Crippen LogP contribution in [0, 0.1) is 0 Å². The van der Waals surface area contributed by atoms with Gasteiger partial charge in [0.2, 0.25) is 10.0 Å². The van der Waals surface area contributed by atoms with E-state index in [1.54, 1.807) is 19.2 Å². The summed E-state index contributed by atoms with van der Waals surface area (Å²) < 4.78 is 27.1. The number of pyridine rings is 1. The molecule has 0 aromatic carbocycles. The van der Waals surface area contributed by atoms with Crippen LogP contribution in [0.1, 0.15) is 6.92 Å². The molecular weight excluding hydrogens is 288 g/mol. The van der Waals surface area contributed by atoms with E-state index < -0.39 is 10.0 Å². The van der Waals surface area contributed by atoms with Crippen LogP contribution >= 0.6 is 0 Å². The maximum Gasteiger partial charge on any atom is 0.244 e. The Morgan fingerprint density at radius 3 is 2.71 bits per heavy atom. The average molecular weight is 310 g/mol. The van der Waals surface area contributed by atoms with Gasteiger partial charge < -0.3 is 4.90 Å². The third-order valence-corrected chi connectivity index (χ3v) is 5.05. The van der Waals surface area contributed by atoms with Gasteiger partial charge in [0, 0.05) is 51.7 Å². The lowest BCUT2D eigenvalue weighted by molar-refractivity contribution is 0.283. The van der Waals surface area contributed by atoms with Crippen LogP contribution in [0.5, 0.6) is 0 Å². The maximum atomic E-state index is 12.3. The van der Waals surface area contributed by atoms with Gasteiger partial charge in [-0.3, -0.25) is 9.88 Å². The average Bonchev–Trinajstić information content (AvgIpc) is 2.48. The molecule has 0 radical (unpaired) electrons. The summed E-state index contributed by atoms with van der Waals surface area (Å²) in [6.07, 6.45) is 4.95. The zero-order valence-corrected chi connectivity index (χ0v) is 13.1. The molecule has 7 heteroatoms. The van der Waals surface area contributed by atoms with Gasteiger partial charge in [0.15, 0.2) is 0 Å². The van der Waals surface area contributed by atoms with E-state index in [1.807, 2.05) is 6.08 Å². The van der Waals surface area contributed by atoms with Crippen LogP contribution in [0.15, 0.2) is 36.0 Å². The second-order valence-corrected chi connectivity index (χ2v) is 6.66. The van der Waals surface area contributed by atoms with Crippen LogP contribution in [-0.2, 0) is 10.0 Å². The van der Waals surface area contributed by atoms with Crippen molar-refractivity contribution in [2.75, 3.05) is 44.2 Å². The van der Waals surface area contributed by atoms with Crippen LogP contribution in [0.25, 0.3) is 0 Å². The van der Waals surface area contributed by atoms with Gasteiger partial charge in [0.1, 0.15) is 4.90 Å². The predicted octanol–water partition coefficient (Wildman–Crippen LogP) is 0.688. The molecule has 1 aliphatic rings. The lowest BCUT2D eigenvalue weighted by Gasteiger charge is -2.36. The Balaban J connectivity index is 2.20. The molecule has 116 valence electrons. The highest BCUT2D eigenvalue weighted by Crippen LogP contribution is 2.24. The van der Waals surface area contributed by atoms with Gasteiger partial charge in [0.05, 0.1) is 5.69 Å². The van der Waals surface area contributed by atoms with Crippen LogP contribution in [0.4, 0.5) is 5.69 Å². The van der Waals surface area contributed by atoms with Crippen LogP contribution in [-0.4, -0.2) is 57.6 Å². The van der Waals surface area contributed by atoms with Crippen LogP contribution in [0.2, 0.25) is 0 Å². The zero-order chi connectivity index (χ0) is 15.3. The molecule has 2 heterocycles. The molecule has 0 atom stereocenters. The SMILES string of the molecule is C=CCN1CCN(c2ccncc2S(=O)(=O)NCC)CC1. The monoisotopic (exact) mass is 310 g/mol. The first-order valence-electron chi connectivity index (χ1n) is 7.10. The van der Waals surface area contributed by atoms with Gasteiger partial charge in [-0.15, -0.1) is 6.58 Å². The first kappa shape index (κ1) is 15.9. The lowest BCUT2D eigenvalue weighted by Crippen LogP contribution is -2.46. The molecule has 6 nitrogen and oxygen atoms in total. The van der Waals surface area contributed by atoms with Crippen molar-refractivity contribution in [1.82, 2.24) is 14.6 Å². The second-order valence-electron chi connectivity index (χ2n) is 4.92. The van der Waals surface area contributed by atoms with E-state index >= 15 is 0 Å². The van der Waals surface area contributed by atoms with Gasteiger partial charge in [-0.05, 0) is 6.07 Å². The smallest absolute Gasteiger partial charge is 0.244 e. The third kappa shape index (κ3) is 3.81. The lowest BCUT2D eigenvalue weighted by atomic mass is 10.2. The van der Waals surface area contributed by atoms with E-state index in [4.69, 9.17) is 0 Å². The van der Waals surface area contributed by atoms with Crippen molar-refractivity contribution in [3.05, 3.63) is 31.1 Å². The number of aromatic nitrogens is 1. The van der Waals surface area contributed by atoms with Gasteiger partial charge in [-0.25, -0.2) is 13.1 Å². The molecule has 1 aliphatic heterocycles. The van der Waals surface area contributed by atoms with Gasteiger partial charge in [0.25, 0.3) is 0 Å². The quantitative estimate of drug-likeness (QED) is 0.783. The van der Waals surface area contributed by atoms with E-state index in [0.717, 1.165) is 38.4 Å². The molecule has 1 fully saturated rings. The molecular formula is C14H22N4O2S. The molecule has 0 bridgehead atoms. The minimum absolute atomic E-state index is 0.254. The first-order chi connectivity index (χ1) is 10.1. The highest BCUT2D eigenvalue weighted by molar-refractivity contribution is 7.89. The molecule has 1 aromatic rings. The zero-order valence-electron chi connectivity index (χ0n) is 12.3. The third-order valence-electron chi connectivity index (χ3n) is 3.49. The van der Waals surface area contributed by atoms with Crippen molar-refractivity contribution in [2.45, 2.75) is 11.8 Å². The number of rotatable bonds is 6. The normalized spacial score (nSPS) is 16.9. The Morgan fingerprint density at radius 2 is 2.10 bits per heavy atom.